The average Bonchev–Trinajstić information content (AvgIpc) is 2.20. The van der Waals surface area contributed by atoms with Crippen LogP contribution in [0.3, 0.4) is 0 Å². The first-order valence-electron chi connectivity index (χ1n) is 6.03. The van der Waals surface area contributed by atoms with Gasteiger partial charge in [0.15, 0.2) is 0 Å². The van der Waals surface area contributed by atoms with E-state index in [4.69, 9.17) is 9.47 Å². The summed E-state index contributed by atoms with van der Waals surface area (Å²) in [5, 5.41) is 3.00. The van der Waals surface area contributed by atoms with E-state index in [0.717, 1.165) is 13.0 Å². The maximum absolute atomic E-state index is 11.6. The van der Waals surface area contributed by atoms with Crippen molar-refractivity contribution in [3.05, 3.63) is 0 Å². The van der Waals surface area contributed by atoms with Crippen molar-refractivity contribution in [1.82, 2.24) is 10.2 Å². The van der Waals surface area contributed by atoms with Crippen molar-refractivity contribution in [2.75, 3.05) is 40.4 Å². The van der Waals surface area contributed by atoms with E-state index in [0.29, 0.717) is 19.8 Å². The SMILES string of the molecule is CNCCOCCCN(C)C(=O)OC(C)(C)C. The second-order valence-corrected chi connectivity index (χ2v) is 4.97. The van der Waals surface area contributed by atoms with Crippen molar-refractivity contribution in [2.24, 2.45) is 0 Å². The summed E-state index contributed by atoms with van der Waals surface area (Å²) in [5.41, 5.74) is -0.436. The van der Waals surface area contributed by atoms with Gasteiger partial charge in [0, 0.05) is 26.7 Å². The molecule has 1 amide bonds. The Hall–Kier alpha value is -0.810. The molecule has 0 radical (unpaired) electrons. The second kappa shape index (κ2) is 8.31. The van der Waals surface area contributed by atoms with E-state index in [1.807, 2.05) is 27.8 Å². The molecule has 0 saturated carbocycles. The third-order valence-electron chi connectivity index (χ3n) is 1.98. The highest BCUT2D eigenvalue weighted by Crippen LogP contribution is 2.09. The Morgan fingerprint density at radius 2 is 1.94 bits per heavy atom. The fourth-order valence-corrected chi connectivity index (χ4v) is 1.11. The molecule has 0 fully saturated rings. The minimum Gasteiger partial charge on any atom is -0.444 e. The van der Waals surface area contributed by atoms with Gasteiger partial charge in [-0.1, -0.05) is 0 Å². The monoisotopic (exact) mass is 246 g/mol. The second-order valence-electron chi connectivity index (χ2n) is 4.97. The van der Waals surface area contributed by atoms with Crippen LogP contribution < -0.4 is 5.32 Å². The third kappa shape index (κ3) is 10.1. The molecule has 5 nitrogen and oxygen atoms in total. The number of nitrogens with one attached hydrogen (secondary N) is 1. The minimum absolute atomic E-state index is 0.285. The first-order chi connectivity index (χ1) is 7.87. The number of carbonyl (C=O) groups is 1. The van der Waals surface area contributed by atoms with Gasteiger partial charge in [0.25, 0.3) is 0 Å². The fraction of sp³-hybridized carbons (Fsp3) is 0.917. The van der Waals surface area contributed by atoms with Crippen LogP contribution in [0.2, 0.25) is 0 Å². The van der Waals surface area contributed by atoms with Crippen molar-refractivity contribution in [1.29, 1.82) is 0 Å². The fourth-order valence-electron chi connectivity index (χ4n) is 1.11. The quantitative estimate of drug-likeness (QED) is 0.691. The number of hydrogen-bond donors (Lipinski definition) is 1. The van der Waals surface area contributed by atoms with Gasteiger partial charge in [0.2, 0.25) is 0 Å². The van der Waals surface area contributed by atoms with Crippen molar-refractivity contribution in [3.63, 3.8) is 0 Å². The number of rotatable bonds is 7. The Balaban J connectivity index is 3.58. The van der Waals surface area contributed by atoms with E-state index in [1.54, 1.807) is 11.9 Å². The molecule has 102 valence electrons. The summed E-state index contributed by atoms with van der Waals surface area (Å²) >= 11 is 0. The van der Waals surface area contributed by atoms with Crippen LogP contribution in [0, 0.1) is 0 Å². The van der Waals surface area contributed by atoms with Crippen molar-refractivity contribution >= 4 is 6.09 Å². The summed E-state index contributed by atoms with van der Waals surface area (Å²) < 4.78 is 10.6. The summed E-state index contributed by atoms with van der Waals surface area (Å²) in [5.74, 6) is 0. The lowest BCUT2D eigenvalue weighted by atomic mass is 10.2. The number of hydrogen-bond acceptors (Lipinski definition) is 4. The number of amides is 1. The molecule has 0 bridgehead atoms. The summed E-state index contributed by atoms with van der Waals surface area (Å²) in [7, 11) is 3.63. The van der Waals surface area contributed by atoms with Crippen LogP contribution in [0.5, 0.6) is 0 Å². The highest BCUT2D eigenvalue weighted by Gasteiger charge is 2.18. The van der Waals surface area contributed by atoms with Gasteiger partial charge in [-0.05, 0) is 34.2 Å². The summed E-state index contributed by atoms with van der Waals surface area (Å²) in [6.07, 6.45) is 0.534. The number of nitrogens with zero attached hydrogens (tertiary/aromatic N) is 1. The molecule has 0 aliphatic rings. The zero-order valence-corrected chi connectivity index (χ0v) is 11.7. The van der Waals surface area contributed by atoms with E-state index in [-0.39, 0.29) is 6.09 Å². The lowest BCUT2D eigenvalue weighted by molar-refractivity contribution is 0.0280. The van der Waals surface area contributed by atoms with Crippen LogP contribution in [0.4, 0.5) is 4.79 Å². The van der Waals surface area contributed by atoms with Gasteiger partial charge in [0.05, 0.1) is 6.61 Å². The molecule has 0 aromatic rings. The molecule has 0 atom stereocenters. The molecule has 0 heterocycles. The molecular formula is C12H26N2O3. The lowest BCUT2D eigenvalue weighted by Gasteiger charge is -2.24. The molecular weight excluding hydrogens is 220 g/mol. The number of ether oxygens (including phenoxy) is 2. The molecule has 17 heavy (non-hydrogen) atoms. The minimum atomic E-state index is -0.436. The topological polar surface area (TPSA) is 50.8 Å². The van der Waals surface area contributed by atoms with Gasteiger partial charge in [0.1, 0.15) is 5.60 Å². The molecule has 0 aliphatic carbocycles. The standard InChI is InChI=1S/C12H26N2O3/c1-12(2,3)17-11(15)14(5)8-6-9-16-10-7-13-4/h13H,6-10H2,1-5H3. The van der Waals surface area contributed by atoms with Crippen molar-refractivity contribution in [2.45, 2.75) is 32.8 Å². The van der Waals surface area contributed by atoms with Gasteiger partial charge in [-0.2, -0.15) is 0 Å². The normalized spacial score (nSPS) is 11.4. The van der Waals surface area contributed by atoms with Crippen LogP contribution in [0.25, 0.3) is 0 Å². The van der Waals surface area contributed by atoms with E-state index in [9.17, 15) is 4.79 Å². The molecule has 0 aromatic heterocycles. The summed E-state index contributed by atoms with van der Waals surface area (Å²) in [6, 6.07) is 0. The predicted octanol–water partition coefficient (Wildman–Crippen LogP) is 1.48. The van der Waals surface area contributed by atoms with E-state index >= 15 is 0 Å². The highest BCUT2D eigenvalue weighted by molar-refractivity contribution is 5.67. The maximum atomic E-state index is 11.6. The molecule has 0 spiro atoms. The Morgan fingerprint density at radius 1 is 1.29 bits per heavy atom. The van der Waals surface area contributed by atoms with Crippen LogP contribution >= 0.6 is 0 Å². The molecule has 5 heteroatoms. The van der Waals surface area contributed by atoms with Gasteiger partial charge < -0.3 is 19.7 Å². The van der Waals surface area contributed by atoms with Gasteiger partial charge >= 0.3 is 6.09 Å². The van der Waals surface area contributed by atoms with Gasteiger partial charge in [-0.15, -0.1) is 0 Å². The molecule has 0 saturated heterocycles. The van der Waals surface area contributed by atoms with Crippen LogP contribution in [0.1, 0.15) is 27.2 Å². The van der Waals surface area contributed by atoms with Crippen molar-refractivity contribution < 1.29 is 14.3 Å². The number of likely N-dealkylation sites (N-methyl/N-ethyl adjacent to an activating group) is 1. The zero-order chi connectivity index (χ0) is 13.3. The van der Waals surface area contributed by atoms with E-state index < -0.39 is 5.60 Å². The Bertz CT molecular complexity index is 214. The van der Waals surface area contributed by atoms with Gasteiger partial charge in [-0.3, -0.25) is 0 Å². The molecule has 1 N–H and O–H groups in total. The van der Waals surface area contributed by atoms with E-state index in [2.05, 4.69) is 5.32 Å². The first kappa shape index (κ1) is 16.2. The van der Waals surface area contributed by atoms with Crippen LogP contribution in [-0.4, -0.2) is 57.0 Å². The lowest BCUT2D eigenvalue weighted by Crippen LogP contribution is -2.35. The largest absolute Gasteiger partial charge is 0.444 e. The molecule has 0 aliphatic heterocycles. The van der Waals surface area contributed by atoms with Crippen LogP contribution in [0.15, 0.2) is 0 Å². The predicted molar refractivity (Wildman–Crippen MR) is 68.2 cm³/mol. The average molecular weight is 246 g/mol. The van der Waals surface area contributed by atoms with E-state index in [1.165, 1.54) is 0 Å². The summed E-state index contributed by atoms with van der Waals surface area (Å²) in [6.45, 7) is 8.44. The molecule has 0 rings (SSSR count). The molecule has 0 aromatic carbocycles. The third-order valence-corrected chi connectivity index (χ3v) is 1.98. The Morgan fingerprint density at radius 3 is 2.47 bits per heavy atom. The Labute approximate surface area is 104 Å². The zero-order valence-electron chi connectivity index (χ0n) is 11.7. The maximum Gasteiger partial charge on any atom is 0.410 e. The molecule has 0 unspecified atom stereocenters. The number of carbonyl (C=O) groups excluding carboxylic acids is 1. The first-order valence-corrected chi connectivity index (χ1v) is 6.03. The summed E-state index contributed by atoms with van der Waals surface area (Å²) in [4.78, 5) is 13.2. The smallest absolute Gasteiger partial charge is 0.410 e. The van der Waals surface area contributed by atoms with Gasteiger partial charge in [-0.25, -0.2) is 4.79 Å². The van der Waals surface area contributed by atoms with Crippen LogP contribution in [-0.2, 0) is 9.47 Å². The van der Waals surface area contributed by atoms with Crippen molar-refractivity contribution in [3.8, 4) is 0 Å². The Kier molecular flexibility index (Phi) is 7.91. The highest BCUT2D eigenvalue weighted by atomic mass is 16.6.